The van der Waals surface area contributed by atoms with Crippen molar-refractivity contribution in [2.45, 2.75) is 33.0 Å². The average molecular weight is 422 g/mol. The Morgan fingerprint density at radius 1 is 1.17 bits per heavy atom. The second-order valence-corrected chi connectivity index (χ2v) is 8.45. The molecule has 1 unspecified atom stereocenters. The predicted molar refractivity (Wildman–Crippen MR) is 118 cm³/mol. The zero-order valence-corrected chi connectivity index (χ0v) is 18.0. The van der Waals surface area contributed by atoms with Crippen LogP contribution in [0.3, 0.4) is 0 Å². The van der Waals surface area contributed by atoms with Crippen LogP contribution in [0, 0.1) is 6.92 Å². The van der Waals surface area contributed by atoms with E-state index in [2.05, 4.69) is 4.98 Å². The maximum absolute atomic E-state index is 12.7. The number of ether oxygens (including phenoxy) is 1. The largest absolute Gasteiger partial charge is 0.451 e. The summed E-state index contributed by atoms with van der Waals surface area (Å²) in [4.78, 5) is 31.3. The fourth-order valence-corrected chi connectivity index (χ4v) is 4.57. The Bertz CT molecular complexity index is 1190. The lowest BCUT2D eigenvalue weighted by molar-refractivity contribution is -0.159. The highest BCUT2D eigenvalue weighted by Gasteiger charge is 2.23. The normalized spacial score (nSPS) is 12.2. The number of fused-ring (bicyclic) bond motifs is 2. The van der Waals surface area contributed by atoms with Crippen LogP contribution in [-0.4, -0.2) is 39.5 Å². The van der Waals surface area contributed by atoms with Crippen molar-refractivity contribution < 1.29 is 14.3 Å². The highest BCUT2D eigenvalue weighted by Crippen LogP contribution is 2.23. The van der Waals surface area contributed by atoms with Gasteiger partial charge < -0.3 is 14.2 Å². The van der Waals surface area contributed by atoms with E-state index in [-0.39, 0.29) is 12.5 Å². The molecule has 0 aliphatic carbocycles. The van der Waals surface area contributed by atoms with E-state index in [1.54, 1.807) is 30.2 Å². The third-order valence-electron chi connectivity index (χ3n) is 5.05. The van der Waals surface area contributed by atoms with Crippen molar-refractivity contribution in [1.82, 2.24) is 14.5 Å². The fraction of sp³-hybridized carbons (Fsp3) is 0.261. The Balaban J connectivity index is 1.38. The first-order valence-electron chi connectivity index (χ1n) is 9.76. The SMILES string of the molecule is Cc1cc2ccccc2n1CC(=O)OC(C)C(=O)N(C)Cc1nc2ccccc2s1. The van der Waals surface area contributed by atoms with Crippen molar-refractivity contribution in [2.24, 2.45) is 0 Å². The molecule has 0 radical (unpaired) electrons. The van der Waals surface area contributed by atoms with Crippen LogP contribution < -0.4 is 0 Å². The number of rotatable bonds is 6. The number of amides is 1. The first-order valence-corrected chi connectivity index (χ1v) is 10.6. The molecule has 0 aliphatic heterocycles. The summed E-state index contributed by atoms with van der Waals surface area (Å²) in [6, 6.07) is 17.8. The Labute approximate surface area is 178 Å². The van der Waals surface area contributed by atoms with Crippen molar-refractivity contribution >= 4 is 44.3 Å². The number of aromatic nitrogens is 2. The molecule has 6 nitrogen and oxygen atoms in total. The number of aryl methyl sites for hydroxylation is 1. The van der Waals surface area contributed by atoms with Gasteiger partial charge in [-0.1, -0.05) is 30.3 Å². The second kappa shape index (κ2) is 8.28. The molecule has 2 aromatic heterocycles. The maximum atomic E-state index is 12.7. The summed E-state index contributed by atoms with van der Waals surface area (Å²) in [6.07, 6.45) is -0.862. The third kappa shape index (κ3) is 4.07. The number of carbonyl (C=O) groups excluding carboxylic acids is 2. The van der Waals surface area contributed by atoms with E-state index in [0.29, 0.717) is 6.54 Å². The lowest BCUT2D eigenvalue weighted by atomic mass is 10.2. The van der Waals surface area contributed by atoms with Crippen LogP contribution in [0.1, 0.15) is 17.6 Å². The summed E-state index contributed by atoms with van der Waals surface area (Å²) in [6.45, 7) is 4.00. The lowest BCUT2D eigenvalue weighted by Gasteiger charge is -2.21. The van der Waals surface area contributed by atoms with Gasteiger partial charge in [0, 0.05) is 18.3 Å². The van der Waals surface area contributed by atoms with E-state index >= 15 is 0 Å². The molecular formula is C23H23N3O3S. The topological polar surface area (TPSA) is 64.4 Å². The molecule has 154 valence electrons. The Morgan fingerprint density at radius 2 is 1.90 bits per heavy atom. The van der Waals surface area contributed by atoms with Crippen molar-refractivity contribution in [3.63, 3.8) is 0 Å². The summed E-state index contributed by atoms with van der Waals surface area (Å²) in [7, 11) is 1.70. The lowest BCUT2D eigenvalue weighted by Crippen LogP contribution is -2.37. The zero-order valence-electron chi connectivity index (χ0n) is 17.2. The van der Waals surface area contributed by atoms with E-state index < -0.39 is 12.1 Å². The fourth-order valence-electron chi connectivity index (χ4n) is 3.55. The van der Waals surface area contributed by atoms with Crippen molar-refractivity contribution in [3.05, 3.63) is 65.3 Å². The number of nitrogens with zero attached hydrogens (tertiary/aromatic N) is 3. The predicted octanol–water partition coefficient (Wildman–Crippen LogP) is 4.15. The van der Waals surface area contributed by atoms with Crippen LogP contribution in [0.4, 0.5) is 0 Å². The molecule has 0 bridgehead atoms. The van der Waals surface area contributed by atoms with Gasteiger partial charge in [0.1, 0.15) is 11.6 Å². The van der Waals surface area contributed by atoms with E-state index in [1.165, 1.54) is 0 Å². The molecule has 0 saturated carbocycles. The number of thiazole rings is 1. The molecule has 1 amide bonds. The molecule has 2 aromatic carbocycles. The Kier molecular flexibility index (Phi) is 5.55. The molecule has 1 atom stereocenters. The highest BCUT2D eigenvalue weighted by molar-refractivity contribution is 7.18. The smallest absolute Gasteiger partial charge is 0.326 e. The number of likely N-dealkylation sites (N-methyl/N-ethyl adjacent to an activating group) is 1. The minimum atomic E-state index is -0.862. The van der Waals surface area contributed by atoms with Gasteiger partial charge in [0.2, 0.25) is 0 Å². The van der Waals surface area contributed by atoms with Gasteiger partial charge in [-0.25, -0.2) is 4.98 Å². The van der Waals surface area contributed by atoms with E-state index in [0.717, 1.165) is 31.8 Å². The van der Waals surface area contributed by atoms with Crippen LogP contribution in [0.25, 0.3) is 21.1 Å². The van der Waals surface area contributed by atoms with Gasteiger partial charge in [0.15, 0.2) is 6.10 Å². The summed E-state index contributed by atoms with van der Waals surface area (Å²) >= 11 is 1.56. The van der Waals surface area contributed by atoms with Crippen molar-refractivity contribution in [3.8, 4) is 0 Å². The molecule has 0 fully saturated rings. The van der Waals surface area contributed by atoms with Crippen LogP contribution in [-0.2, 0) is 27.4 Å². The number of carbonyl (C=O) groups is 2. The zero-order chi connectivity index (χ0) is 21.3. The molecule has 0 N–H and O–H groups in total. The summed E-state index contributed by atoms with van der Waals surface area (Å²) < 4.78 is 8.43. The number of hydrogen-bond acceptors (Lipinski definition) is 5. The molecule has 4 rings (SSSR count). The van der Waals surface area contributed by atoms with Crippen LogP contribution in [0.15, 0.2) is 54.6 Å². The minimum Gasteiger partial charge on any atom is -0.451 e. The molecule has 2 heterocycles. The maximum Gasteiger partial charge on any atom is 0.326 e. The van der Waals surface area contributed by atoms with Gasteiger partial charge in [-0.15, -0.1) is 11.3 Å². The molecule has 30 heavy (non-hydrogen) atoms. The second-order valence-electron chi connectivity index (χ2n) is 7.33. The quantitative estimate of drug-likeness (QED) is 0.439. The van der Waals surface area contributed by atoms with Gasteiger partial charge in [0.25, 0.3) is 5.91 Å². The first kappa shape index (κ1) is 20.1. The van der Waals surface area contributed by atoms with E-state index in [1.807, 2.05) is 66.1 Å². The molecule has 0 aliphatic rings. The summed E-state index contributed by atoms with van der Waals surface area (Å²) in [5.41, 5.74) is 2.87. The molecule has 0 saturated heterocycles. The summed E-state index contributed by atoms with van der Waals surface area (Å²) in [5.74, 6) is -0.689. The van der Waals surface area contributed by atoms with Gasteiger partial charge in [-0.2, -0.15) is 0 Å². The monoisotopic (exact) mass is 421 g/mol. The number of para-hydroxylation sites is 2. The van der Waals surface area contributed by atoms with Crippen molar-refractivity contribution in [2.75, 3.05) is 7.05 Å². The highest BCUT2D eigenvalue weighted by atomic mass is 32.1. The van der Waals surface area contributed by atoms with E-state index in [9.17, 15) is 9.59 Å². The molecule has 0 spiro atoms. The van der Waals surface area contributed by atoms with Gasteiger partial charge in [0.05, 0.1) is 16.8 Å². The van der Waals surface area contributed by atoms with Gasteiger partial charge >= 0.3 is 5.97 Å². The average Bonchev–Trinajstić information content (AvgIpc) is 3.27. The molecule has 4 aromatic rings. The number of esters is 1. The van der Waals surface area contributed by atoms with Gasteiger partial charge in [-0.05, 0) is 43.5 Å². The van der Waals surface area contributed by atoms with Gasteiger partial charge in [-0.3, -0.25) is 9.59 Å². The van der Waals surface area contributed by atoms with Crippen LogP contribution >= 0.6 is 11.3 Å². The third-order valence-corrected chi connectivity index (χ3v) is 6.07. The van der Waals surface area contributed by atoms with Crippen molar-refractivity contribution in [1.29, 1.82) is 0 Å². The molecule has 7 heteroatoms. The minimum absolute atomic E-state index is 0.0680. The number of benzene rings is 2. The first-order chi connectivity index (χ1) is 14.4. The molecular weight excluding hydrogens is 398 g/mol. The van der Waals surface area contributed by atoms with E-state index in [4.69, 9.17) is 4.74 Å². The van der Waals surface area contributed by atoms with Crippen LogP contribution in [0.5, 0.6) is 0 Å². The Hall–Kier alpha value is -3.19. The van der Waals surface area contributed by atoms with Crippen LogP contribution in [0.2, 0.25) is 0 Å². The Morgan fingerprint density at radius 3 is 2.70 bits per heavy atom. The standard InChI is InChI=1S/C23H23N3O3S/c1-15-12-17-8-4-6-10-19(17)26(15)14-22(27)29-16(2)23(28)25(3)13-21-24-18-9-5-7-11-20(18)30-21/h4-12,16H,13-14H2,1-3H3. The number of hydrogen-bond donors (Lipinski definition) is 0. The summed E-state index contributed by atoms with van der Waals surface area (Å²) in [5, 5.41) is 1.92.